The number of nitrogens with two attached hydrogens (primary N) is 1. The predicted molar refractivity (Wildman–Crippen MR) is 83.8 cm³/mol. The number of hydrazine groups is 1. The van der Waals surface area contributed by atoms with Crippen LogP contribution in [0.1, 0.15) is 11.3 Å². The Hall–Kier alpha value is -2.45. The van der Waals surface area contributed by atoms with Crippen molar-refractivity contribution in [1.29, 1.82) is 0 Å². The van der Waals surface area contributed by atoms with E-state index < -0.39 is 10.0 Å². The maximum Gasteiger partial charge on any atom is 0.269 e. The van der Waals surface area contributed by atoms with E-state index in [0.29, 0.717) is 17.0 Å². The fourth-order valence-corrected chi connectivity index (χ4v) is 3.75. The van der Waals surface area contributed by atoms with Gasteiger partial charge in [0.1, 0.15) is 5.52 Å². The van der Waals surface area contributed by atoms with Gasteiger partial charge in [0.15, 0.2) is 11.5 Å². The Morgan fingerprint density at radius 2 is 1.86 bits per heavy atom. The van der Waals surface area contributed by atoms with Gasteiger partial charge in [0.25, 0.3) is 10.0 Å². The van der Waals surface area contributed by atoms with Gasteiger partial charge in [-0.05, 0) is 32.0 Å². The number of rotatable bonds is 3. The first-order valence-electron chi connectivity index (χ1n) is 6.57. The Kier molecular flexibility index (Phi) is 3.34. The maximum atomic E-state index is 12.9. The third-order valence-electron chi connectivity index (χ3n) is 3.34. The summed E-state index contributed by atoms with van der Waals surface area (Å²) in [7, 11) is -3.73. The summed E-state index contributed by atoms with van der Waals surface area (Å²) in [6.45, 7) is 3.60. The Labute approximate surface area is 127 Å². The average Bonchev–Trinajstić information content (AvgIpc) is 2.83. The van der Waals surface area contributed by atoms with Crippen molar-refractivity contribution in [3.63, 3.8) is 0 Å². The van der Waals surface area contributed by atoms with Crippen LogP contribution in [0.5, 0.6) is 0 Å². The molecular formula is C14H15N5O2S. The normalized spacial score (nSPS) is 11.8. The molecule has 0 amide bonds. The molecule has 1 aromatic carbocycles. The van der Waals surface area contributed by atoms with Gasteiger partial charge in [0, 0.05) is 5.69 Å². The van der Waals surface area contributed by atoms with Crippen LogP contribution in [-0.2, 0) is 10.0 Å². The van der Waals surface area contributed by atoms with Gasteiger partial charge in [-0.15, -0.1) is 0 Å². The van der Waals surface area contributed by atoms with Crippen LogP contribution in [0.15, 0.2) is 41.4 Å². The first-order chi connectivity index (χ1) is 10.4. The van der Waals surface area contributed by atoms with Crippen LogP contribution >= 0.6 is 0 Å². The molecule has 22 heavy (non-hydrogen) atoms. The van der Waals surface area contributed by atoms with Crippen LogP contribution in [0, 0.1) is 13.8 Å². The molecule has 0 radical (unpaired) electrons. The van der Waals surface area contributed by atoms with Gasteiger partial charge in [-0.2, -0.15) is 0 Å². The van der Waals surface area contributed by atoms with Gasteiger partial charge in [0.2, 0.25) is 0 Å². The monoisotopic (exact) mass is 317 g/mol. The Bertz CT molecular complexity index is 945. The number of anilines is 1. The van der Waals surface area contributed by atoms with Gasteiger partial charge >= 0.3 is 0 Å². The van der Waals surface area contributed by atoms with Crippen molar-refractivity contribution in [3.8, 4) is 0 Å². The van der Waals surface area contributed by atoms with Crippen molar-refractivity contribution in [2.24, 2.45) is 5.84 Å². The average molecular weight is 317 g/mol. The van der Waals surface area contributed by atoms with Gasteiger partial charge in [0.05, 0.1) is 11.1 Å². The zero-order valence-corrected chi connectivity index (χ0v) is 12.9. The van der Waals surface area contributed by atoms with Crippen molar-refractivity contribution in [3.05, 3.63) is 47.8 Å². The minimum absolute atomic E-state index is 0.210. The number of nitrogens with zero attached hydrogens (tertiary/aromatic N) is 3. The molecule has 3 aromatic rings. The van der Waals surface area contributed by atoms with Gasteiger partial charge in [-0.25, -0.2) is 28.2 Å². The summed E-state index contributed by atoms with van der Waals surface area (Å²) in [5.41, 5.74) is 4.65. The number of aryl methyl sites for hydroxylation is 2. The van der Waals surface area contributed by atoms with Crippen LogP contribution in [0.2, 0.25) is 0 Å². The Morgan fingerprint density at radius 1 is 1.18 bits per heavy atom. The molecule has 7 nitrogen and oxygen atoms in total. The van der Waals surface area contributed by atoms with E-state index in [1.54, 1.807) is 37.3 Å². The zero-order chi connectivity index (χ0) is 15.9. The van der Waals surface area contributed by atoms with Crippen LogP contribution in [0.3, 0.4) is 0 Å². The fraction of sp³-hybridized carbons (Fsp3) is 0.143. The lowest BCUT2D eigenvalue weighted by atomic mass is 10.2. The molecule has 2 heterocycles. The molecule has 114 valence electrons. The molecule has 2 aromatic heterocycles. The molecule has 0 unspecified atom stereocenters. The second kappa shape index (κ2) is 5.08. The molecule has 0 aliphatic carbocycles. The van der Waals surface area contributed by atoms with Crippen molar-refractivity contribution in [2.75, 3.05) is 5.43 Å². The van der Waals surface area contributed by atoms with Crippen molar-refractivity contribution in [1.82, 2.24) is 13.9 Å². The molecule has 8 heteroatoms. The Morgan fingerprint density at radius 3 is 2.50 bits per heavy atom. The third-order valence-corrected chi connectivity index (χ3v) is 5.15. The minimum atomic E-state index is -3.73. The van der Waals surface area contributed by atoms with Crippen LogP contribution in [0.25, 0.3) is 11.2 Å². The second-order valence-corrected chi connectivity index (χ2v) is 6.76. The molecule has 3 rings (SSSR count). The molecule has 0 aliphatic rings. The van der Waals surface area contributed by atoms with E-state index in [2.05, 4.69) is 15.4 Å². The van der Waals surface area contributed by atoms with E-state index >= 15 is 0 Å². The zero-order valence-electron chi connectivity index (χ0n) is 12.1. The van der Waals surface area contributed by atoms with Gasteiger partial charge in [-0.1, -0.05) is 17.7 Å². The van der Waals surface area contributed by atoms with Crippen molar-refractivity contribution < 1.29 is 8.42 Å². The quantitative estimate of drug-likeness (QED) is 0.561. The molecular weight excluding hydrogens is 302 g/mol. The first-order valence-corrected chi connectivity index (χ1v) is 8.01. The maximum absolute atomic E-state index is 12.9. The molecule has 3 N–H and O–H groups in total. The second-order valence-electron chi connectivity index (χ2n) is 4.98. The summed E-state index contributed by atoms with van der Waals surface area (Å²) in [4.78, 5) is 8.58. The largest absolute Gasteiger partial charge is 0.307 e. The number of fused-ring (bicyclic) bond motifs is 1. The number of nitrogens with one attached hydrogen (secondary N) is 1. The van der Waals surface area contributed by atoms with E-state index in [0.717, 1.165) is 5.56 Å². The summed E-state index contributed by atoms with van der Waals surface area (Å²) in [5, 5.41) is 0. The van der Waals surface area contributed by atoms with Gasteiger partial charge in [-0.3, -0.25) is 0 Å². The highest BCUT2D eigenvalue weighted by Crippen LogP contribution is 2.23. The molecule has 0 fully saturated rings. The first kappa shape index (κ1) is 14.5. The number of hydrogen-bond donors (Lipinski definition) is 2. The smallest absolute Gasteiger partial charge is 0.269 e. The molecule has 0 spiro atoms. The van der Waals surface area contributed by atoms with E-state index in [4.69, 9.17) is 5.84 Å². The van der Waals surface area contributed by atoms with E-state index in [1.807, 2.05) is 6.92 Å². The lowest BCUT2D eigenvalue weighted by Gasteiger charge is -2.09. The number of hydrogen-bond acceptors (Lipinski definition) is 6. The summed E-state index contributed by atoms with van der Waals surface area (Å²) >= 11 is 0. The lowest BCUT2D eigenvalue weighted by Crippen LogP contribution is -2.15. The molecule has 0 saturated carbocycles. The number of benzene rings is 1. The van der Waals surface area contributed by atoms with E-state index in [9.17, 15) is 8.42 Å². The topological polar surface area (TPSA) is 103 Å². The fourth-order valence-electron chi connectivity index (χ4n) is 2.26. The highest BCUT2D eigenvalue weighted by atomic mass is 32.2. The molecule has 0 saturated heterocycles. The van der Waals surface area contributed by atoms with Crippen LogP contribution in [-0.4, -0.2) is 22.4 Å². The molecule has 0 atom stereocenters. The van der Waals surface area contributed by atoms with Gasteiger partial charge < -0.3 is 5.43 Å². The van der Waals surface area contributed by atoms with Crippen molar-refractivity contribution >= 4 is 27.0 Å². The highest BCUT2D eigenvalue weighted by Gasteiger charge is 2.22. The summed E-state index contributed by atoms with van der Waals surface area (Å²) in [5.74, 6) is 5.67. The molecule has 0 bridgehead atoms. The Balaban J connectivity index is 2.24. The SMILES string of the molecule is Cc1ccc(S(=O)(=O)n2c(C)cc3nc(NN)cnc32)cc1. The minimum Gasteiger partial charge on any atom is -0.307 e. The van der Waals surface area contributed by atoms with E-state index in [-0.39, 0.29) is 10.5 Å². The number of nitrogen functional groups attached to an aromatic ring is 1. The van der Waals surface area contributed by atoms with Crippen LogP contribution in [0.4, 0.5) is 5.82 Å². The molecule has 0 aliphatic heterocycles. The third kappa shape index (κ3) is 2.22. The van der Waals surface area contributed by atoms with E-state index in [1.165, 1.54) is 10.2 Å². The van der Waals surface area contributed by atoms with Crippen LogP contribution < -0.4 is 11.3 Å². The summed E-state index contributed by atoms with van der Waals surface area (Å²) in [6, 6.07) is 8.35. The van der Waals surface area contributed by atoms with Crippen molar-refractivity contribution in [2.45, 2.75) is 18.7 Å². The number of aromatic nitrogens is 3. The standard InChI is InChI=1S/C14H15N5O2S/c1-9-3-5-11(6-4-9)22(20,21)19-10(2)7-12-14(19)16-8-13(17-12)18-15/h3-8H,15H2,1-2H3,(H,17,18). The summed E-state index contributed by atoms with van der Waals surface area (Å²) in [6.07, 6.45) is 1.39. The summed E-state index contributed by atoms with van der Waals surface area (Å²) < 4.78 is 26.9. The predicted octanol–water partition coefficient (Wildman–Crippen LogP) is 1.57. The lowest BCUT2D eigenvalue weighted by molar-refractivity contribution is 0.587. The highest BCUT2D eigenvalue weighted by molar-refractivity contribution is 7.90.